The molecule has 1 fully saturated rings. The molecule has 0 unspecified atom stereocenters. The topological polar surface area (TPSA) is 65.4 Å². The fourth-order valence-electron chi connectivity index (χ4n) is 1.92. The summed E-state index contributed by atoms with van der Waals surface area (Å²) in [6.07, 6.45) is -0.268. The first-order valence-corrected chi connectivity index (χ1v) is 6.62. The van der Waals surface area contributed by atoms with Crippen LogP contribution in [0.15, 0.2) is 24.3 Å². The van der Waals surface area contributed by atoms with Gasteiger partial charge in [0.25, 0.3) is 0 Å². The Labute approximate surface area is 119 Å². The molecule has 0 spiro atoms. The van der Waals surface area contributed by atoms with Crippen LogP contribution in [0.4, 0.5) is 10.5 Å². The van der Waals surface area contributed by atoms with Crippen molar-refractivity contribution < 1.29 is 9.53 Å². The predicted molar refractivity (Wildman–Crippen MR) is 76.4 cm³/mol. The third kappa shape index (κ3) is 3.64. The van der Waals surface area contributed by atoms with Gasteiger partial charge in [0.05, 0.1) is 17.7 Å². The van der Waals surface area contributed by atoms with E-state index in [9.17, 15) is 4.79 Å². The Balaban J connectivity index is 1.79. The molecule has 106 valence electrons. The zero-order valence-electron chi connectivity index (χ0n) is 12.0. The van der Waals surface area contributed by atoms with Gasteiger partial charge < -0.3 is 15.0 Å². The Morgan fingerprint density at radius 2 is 1.95 bits per heavy atom. The van der Waals surface area contributed by atoms with E-state index in [0.29, 0.717) is 18.7 Å². The Morgan fingerprint density at radius 3 is 2.45 bits per heavy atom. The van der Waals surface area contributed by atoms with Gasteiger partial charge >= 0.3 is 6.09 Å². The van der Waals surface area contributed by atoms with Gasteiger partial charge in [-0.05, 0) is 45.0 Å². The minimum absolute atomic E-state index is 0.232. The number of nitrogens with zero attached hydrogens (tertiary/aromatic N) is 2. The molecule has 2 rings (SSSR count). The summed E-state index contributed by atoms with van der Waals surface area (Å²) in [6, 6.07) is 9.59. The fourth-order valence-corrected chi connectivity index (χ4v) is 1.92. The number of rotatable bonds is 2. The Bertz CT molecular complexity index is 520. The lowest BCUT2D eigenvalue weighted by molar-refractivity contribution is 0.0105. The molecule has 0 radical (unpaired) electrons. The van der Waals surface area contributed by atoms with E-state index >= 15 is 0 Å². The van der Waals surface area contributed by atoms with Crippen LogP contribution in [0.25, 0.3) is 0 Å². The number of nitrogens with one attached hydrogen (secondary N) is 1. The monoisotopic (exact) mass is 273 g/mol. The molecule has 0 atom stereocenters. The van der Waals surface area contributed by atoms with Gasteiger partial charge in [-0.15, -0.1) is 0 Å². The quantitative estimate of drug-likeness (QED) is 0.899. The molecule has 0 aromatic heterocycles. The van der Waals surface area contributed by atoms with Crippen molar-refractivity contribution in [3.8, 4) is 6.07 Å². The van der Waals surface area contributed by atoms with Gasteiger partial charge in [-0.3, -0.25) is 0 Å². The van der Waals surface area contributed by atoms with E-state index in [4.69, 9.17) is 10.00 Å². The highest BCUT2D eigenvalue weighted by Gasteiger charge is 2.33. The number of likely N-dealkylation sites (tertiary alicyclic amines) is 1. The van der Waals surface area contributed by atoms with Gasteiger partial charge in [-0.25, -0.2) is 4.79 Å². The molecule has 5 heteroatoms. The van der Waals surface area contributed by atoms with Gasteiger partial charge in [0.2, 0.25) is 0 Å². The van der Waals surface area contributed by atoms with E-state index in [2.05, 4.69) is 11.4 Å². The minimum Gasteiger partial charge on any atom is -0.444 e. The van der Waals surface area contributed by atoms with Gasteiger partial charge in [-0.1, -0.05) is 0 Å². The van der Waals surface area contributed by atoms with E-state index in [-0.39, 0.29) is 12.1 Å². The molecular formula is C15H19N3O2. The molecular weight excluding hydrogens is 254 g/mol. The van der Waals surface area contributed by atoms with Crippen LogP contribution in [-0.4, -0.2) is 35.7 Å². The largest absolute Gasteiger partial charge is 0.444 e. The number of hydrogen-bond acceptors (Lipinski definition) is 4. The maximum Gasteiger partial charge on any atom is 0.410 e. The summed E-state index contributed by atoms with van der Waals surface area (Å²) >= 11 is 0. The number of carbonyl (C=O) groups is 1. The van der Waals surface area contributed by atoms with E-state index < -0.39 is 5.60 Å². The molecule has 0 saturated carbocycles. The van der Waals surface area contributed by atoms with E-state index in [1.165, 1.54) is 0 Å². The van der Waals surface area contributed by atoms with Crippen LogP contribution in [0, 0.1) is 11.3 Å². The van der Waals surface area contributed by atoms with Crippen LogP contribution in [0.1, 0.15) is 26.3 Å². The summed E-state index contributed by atoms with van der Waals surface area (Å²) in [7, 11) is 0. The first kappa shape index (κ1) is 14.2. The maximum absolute atomic E-state index is 11.8. The van der Waals surface area contributed by atoms with Crippen LogP contribution in [0.2, 0.25) is 0 Å². The smallest absolute Gasteiger partial charge is 0.410 e. The normalized spacial score (nSPS) is 15.2. The molecule has 0 bridgehead atoms. The lowest BCUT2D eigenvalue weighted by atomic mass is 10.1. The SMILES string of the molecule is CC(C)(C)OC(=O)N1CC(Nc2ccc(C#N)cc2)C1. The van der Waals surface area contributed by atoms with Crippen molar-refractivity contribution >= 4 is 11.8 Å². The molecule has 5 nitrogen and oxygen atoms in total. The van der Waals surface area contributed by atoms with Crippen LogP contribution in [-0.2, 0) is 4.74 Å². The Morgan fingerprint density at radius 1 is 1.35 bits per heavy atom. The molecule has 1 aromatic rings. The lowest BCUT2D eigenvalue weighted by Crippen LogP contribution is -2.57. The summed E-state index contributed by atoms with van der Waals surface area (Å²) in [6.45, 7) is 6.84. The molecule has 1 heterocycles. The summed E-state index contributed by atoms with van der Waals surface area (Å²) < 4.78 is 5.29. The van der Waals surface area contributed by atoms with Gasteiger partial charge in [0.15, 0.2) is 0 Å². The minimum atomic E-state index is -0.456. The molecule has 1 aromatic carbocycles. The fraction of sp³-hybridized carbons (Fsp3) is 0.467. The molecule has 1 N–H and O–H groups in total. The average molecular weight is 273 g/mol. The number of ether oxygens (including phenoxy) is 1. The second kappa shape index (κ2) is 5.41. The first-order valence-electron chi connectivity index (χ1n) is 6.62. The van der Waals surface area contributed by atoms with Crippen molar-refractivity contribution in [2.24, 2.45) is 0 Å². The van der Waals surface area contributed by atoms with Gasteiger partial charge in [0.1, 0.15) is 5.60 Å². The van der Waals surface area contributed by atoms with Crippen LogP contribution in [0.3, 0.4) is 0 Å². The van der Waals surface area contributed by atoms with Crippen molar-refractivity contribution in [3.05, 3.63) is 29.8 Å². The van der Waals surface area contributed by atoms with Gasteiger partial charge in [-0.2, -0.15) is 5.26 Å². The van der Waals surface area contributed by atoms with Crippen molar-refractivity contribution in [2.45, 2.75) is 32.4 Å². The molecule has 1 saturated heterocycles. The van der Waals surface area contributed by atoms with Crippen molar-refractivity contribution in [1.29, 1.82) is 5.26 Å². The van der Waals surface area contributed by atoms with Crippen LogP contribution < -0.4 is 5.32 Å². The second-order valence-electron chi connectivity index (χ2n) is 5.92. The Hall–Kier alpha value is -2.22. The highest BCUT2D eigenvalue weighted by molar-refractivity contribution is 5.69. The van der Waals surface area contributed by atoms with Crippen molar-refractivity contribution in [2.75, 3.05) is 18.4 Å². The third-order valence-corrected chi connectivity index (χ3v) is 2.92. The highest BCUT2D eigenvalue weighted by Crippen LogP contribution is 2.19. The first-order chi connectivity index (χ1) is 9.37. The molecule has 0 aliphatic carbocycles. The number of benzene rings is 1. The molecule has 1 amide bonds. The molecule has 20 heavy (non-hydrogen) atoms. The third-order valence-electron chi connectivity index (χ3n) is 2.92. The number of hydrogen-bond donors (Lipinski definition) is 1. The standard InChI is InChI=1S/C15H19N3O2/c1-15(2,3)20-14(19)18-9-13(10-18)17-12-6-4-11(8-16)5-7-12/h4-7,13,17H,9-10H2,1-3H3. The highest BCUT2D eigenvalue weighted by atomic mass is 16.6. The van der Waals surface area contributed by atoms with E-state index in [1.807, 2.05) is 32.9 Å². The van der Waals surface area contributed by atoms with Gasteiger partial charge in [0, 0.05) is 18.8 Å². The summed E-state index contributed by atoms with van der Waals surface area (Å²) in [4.78, 5) is 13.4. The zero-order valence-corrected chi connectivity index (χ0v) is 12.0. The van der Waals surface area contributed by atoms with Crippen LogP contribution >= 0.6 is 0 Å². The van der Waals surface area contributed by atoms with Crippen molar-refractivity contribution in [1.82, 2.24) is 4.90 Å². The van der Waals surface area contributed by atoms with E-state index in [0.717, 1.165) is 5.69 Å². The summed E-state index contributed by atoms with van der Waals surface area (Å²) in [5, 5.41) is 12.0. The summed E-state index contributed by atoms with van der Waals surface area (Å²) in [5.41, 5.74) is 1.14. The number of anilines is 1. The zero-order chi connectivity index (χ0) is 14.8. The average Bonchev–Trinajstić information content (AvgIpc) is 2.31. The number of amides is 1. The Kier molecular flexibility index (Phi) is 3.84. The van der Waals surface area contributed by atoms with Crippen LogP contribution in [0.5, 0.6) is 0 Å². The number of carbonyl (C=O) groups excluding carboxylic acids is 1. The number of nitriles is 1. The maximum atomic E-state index is 11.8. The summed E-state index contributed by atoms with van der Waals surface area (Å²) in [5.74, 6) is 0. The lowest BCUT2D eigenvalue weighted by Gasteiger charge is -2.40. The molecule has 1 aliphatic heterocycles. The molecule has 1 aliphatic rings. The second-order valence-corrected chi connectivity index (χ2v) is 5.92. The predicted octanol–water partition coefficient (Wildman–Crippen LogP) is 2.59. The van der Waals surface area contributed by atoms with E-state index in [1.54, 1.807) is 17.0 Å². The van der Waals surface area contributed by atoms with Crippen molar-refractivity contribution in [3.63, 3.8) is 0 Å².